The molecule has 24 heavy (non-hydrogen) atoms. The molecule has 0 fully saturated rings. The van der Waals surface area contributed by atoms with Crippen LogP contribution >= 0.6 is 0 Å². The Bertz CT molecular complexity index is 725. The Kier molecular flexibility index (Phi) is 4.89. The molecule has 0 amide bonds. The maximum atomic E-state index is 5.98. The number of benzene rings is 2. The topological polar surface area (TPSA) is 62.9 Å². The van der Waals surface area contributed by atoms with Crippen molar-refractivity contribution in [3.63, 3.8) is 0 Å². The van der Waals surface area contributed by atoms with Crippen molar-refractivity contribution in [2.75, 3.05) is 30.9 Å². The molecule has 126 valence electrons. The van der Waals surface area contributed by atoms with Crippen molar-refractivity contribution < 1.29 is 4.74 Å². The predicted molar refractivity (Wildman–Crippen MR) is 100.0 cm³/mol. The van der Waals surface area contributed by atoms with Gasteiger partial charge in [-0.1, -0.05) is 12.1 Å². The van der Waals surface area contributed by atoms with E-state index in [0.717, 1.165) is 24.4 Å². The molecule has 1 aliphatic heterocycles. The van der Waals surface area contributed by atoms with Gasteiger partial charge in [0.2, 0.25) is 0 Å². The Morgan fingerprint density at radius 3 is 2.79 bits per heavy atom. The van der Waals surface area contributed by atoms with Crippen molar-refractivity contribution in [1.29, 1.82) is 0 Å². The third kappa shape index (κ3) is 3.79. The minimum absolute atomic E-state index is 0.412. The minimum atomic E-state index is 0.412. The zero-order chi connectivity index (χ0) is 16.9. The van der Waals surface area contributed by atoms with E-state index in [9.17, 15) is 0 Å². The lowest BCUT2D eigenvalue weighted by molar-refractivity contribution is 0.415. The maximum Gasteiger partial charge on any atom is 0.193 e. The van der Waals surface area contributed by atoms with Gasteiger partial charge in [-0.25, -0.2) is 4.99 Å². The summed E-state index contributed by atoms with van der Waals surface area (Å²) >= 11 is 0. The summed E-state index contributed by atoms with van der Waals surface area (Å²) in [6, 6.07) is 14.2. The summed E-state index contributed by atoms with van der Waals surface area (Å²) in [5.41, 5.74) is 10.8. The molecule has 3 rings (SSSR count). The molecule has 2 aromatic rings. The van der Waals surface area contributed by atoms with Gasteiger partial charge in [-0.15, -0.1) is 0 Å². The molecule has 1 heterocycles. The third-order valence-corrected chi connectivity index (χ3v) is 4.29. The van der Waals surface area contributed by atoms with E-state index in [2.05, 4.69) is 40.5 Å². The highest BCUT2D eigenvalue weighted by atomic mass is 16.5. The first-order valence-corrected chi connectivity index (χ1v) is 8.19. The average Bonchev–Trinajstić information content (AvgIpc) is 2.61. The second-order valence-corrected chi connectivity index (χ2v) is 6.04. The number of fused-ring (bicyclic) bond motifs is 1. The van der Waals surface area contributed by atoms with E-state index >= 15 is 0 Å². The van der Waals surface area contributed by atoms with E-state index in [1.54, 1.807) is 7.11 Å². The monoisotopic (exact) mass is 324 g/mol. The maximum absolute atomic E-state index is 5.98. The molecule has 0 saturated heterocycles. The lowest BCUT2D eigenvalue weighted by Crippen LogP contribution is -2.24. The summed E-state index contributed by atoms with van der Waals surface area (Å²) in [5, 5.41) is 3.10. The van der Waals surface area contributed by atoms with Crippen molar-refractivity contribution in [3.05, 3.63) is 53.6 Å². The fourth-order valence-electron chi connectivity index (χ4n) is 2.98. The van der Waals surface area contributed by atoms with Crippen LogP contribution in [0.2, 0.25) is 0 Å². The van der Waals surface area contributed by atoms with Crippen molar-refractivity contribution in [2.45, 2.75) is 19.4 Å². The number of nitrogens with zero attached hydrogens (tertiary/aromatic N) is 2. The standard InChI is InChI=1S/C19H24N4O/c1-23-11-3-4-15-12-14(5-10-18(15)23)13-21-19(20)22-16-6-8-17(24-2)9-7-16/h5-10,12H,3-4,11,13H2,1-2H3,(H3,20,21,22). The highest BCUT2D eigenvalue weighted by Gasteiger charge is 2.13. The van der Waals surface area contributed by atoms with Crippen LogP contribution in [0.4, 0.5) is 11.4 Å². The zero-order valence-corrected chi connectivity index (χ0v) is 14.2. The number of hydrogen-bond acceptors (Lipinski definition) is 3. The van der Waals surface area contributed by atoms with Crippen LogP contribution in [-0.2, 0) is 13.0 Å². The quantitative estimate of drug-likeness (QED) is 0.670. The van der Waals surface area contributed by atoms with Gasteiger partial charge < -0.3 is 20.7 Å². The van der Waals surface area contributed by atoms with Crippen molar-refractivity contribution in [1.82, 2.24) is 0 Å². The molecule has 3 N–H and O–H groups in total. The zero-order valence-electron chi connectivity index (χ0n) is 14.2. The van der Waals surface area contributed by atoms with E-state index in [4.69, 9.17) is 10.5 Å². The lowest BCUT2D eigenvalue weighted by atomic mass is 10.00. The van der Waals surface area contributed by atoms with E-state index in [1.165, 1.54) is 23.2 Å². The number of ether oxygens (including phenoxy) is 1. The van der Waals surface area contributed by atoms with Crippen LogP contribution < -0.4 is 20.7 Å². The SMILES string of the molecule is COc1ccc(NC(N)=NCc2ccc3c(c2)CCCN3C)cc1. The molecule has 0 radical (unpaired) electrons. The van der Waals surface area contributed by atoms with Crippen LogP contribution in [0.25, 0.3) is 0 Å². The second kappa shape index (κ2) is 7.25. The number of methoxy groups -OCH3 is 1. The number of nitrogens with two attached hydrogens (primary N) is 1. The van der Waals surface area contributed by atoms with Gasteiger partial charge in [-0.2, -0.15) is 0 Å². The number of nitrogens with one attached hydrogen (secondary N) is 1. The molecule has 5 nitrogen and oxygen atoms in total. The summed E-state index contributed by atoms with van der Waals surface area (Å²) in [6.45, 7) is 1.70. The molecular formula is C19H24N4O. The Hall–Kier alpha value is -2.69. The number of rotatable bonds is 4. The number of aryl methyl sites for hydroxylation is 1. The van der Waals surface area contributed by atoms with Crippen LogP contribution in [0.3, 0.4) is 0 Å². The molecule has 0 aromatic heterocycles. The van der Waals surface area contributed by atoms with Gasteiger partial charge in [-0.3, -0.25) is 0 Å². The Balaban J connectivity index is 1.64. The summed E-state index contributed by atoms with van der Waals surface area (Å²) < 4.78 is 5.14. The fourth-order valence-corrected chi connectivity index (χ4v) is 2.98. The highest BCUT2D eigenvalue weighted by molar-refractivity contribution is 5.92. The molecule has 0 atom stereocenters. The molecular weight excluding hydrogens is 300 g/mol. The summed E-state index contributed by atoms with van der Waals surface area (Å²) in [4.78, 5) is 6.75. The predicted octanol–water partition coefficient (Wildman–Crippen LogP) is 3.00. The van der Waals surface area contributed by atoms with Crippen LogP contribution in [-0.4, -0.2) is 26.7 Å². The average molecular weight is 324 g/mol. The van der Waals surface area contributed by atoms with Gasteiger partial charge >= 0.3 is 0 Å². The van der Waals surface area contributed by atoms with Gasteiger partial charge in [0.15, 0.2) is 5.96 Å². The highest BCUT2D eigenvalue weighted by Crippen LogP contribution is 2.27. The molecule has 1 aliphatic rings. The number of guanidine groups is 1. The first kappa shape index (κ1) is 16.2. The normalized spacial score (nSPS) is 14.2. The summed E-state index contributed by atoms with van der Waals surface area (Å²) in [6.07, 6.45) is 2.34. The lowest BCUT2D eigenvalue weighted by Gasteiger charge is -2.27. The van der Waals surface area contributed by atoms with E-state index < -0.39 is 0 Å². The minimum Gasteiger partial charge on any atom is -0.497 e. The van der Waals surface area contributed by atoms with Gasteiger partial charge in [0, 0.05) is 25.0 Å². The molecule has 0 unspecified atom stereocenters. The second-order valence-electron chi connectivity index (χ2n) is 6.04. The largest absolute Gasteiger partial charge is 0.497 e. The molecule has 2 aromatic carbocycles. The number of hydrogen-bond donors (Lipinski definition) is 2. The van der Waals surface area contributed by atoms with E-state index in [1.807, 2.05) is 24.3 Å². The van der Waals surface area contributed by atoms with Crippen LogP contribution in [0, 0.1) is 0 Å². The number of aliphatic imine (C=N–C) groups is 1. The Morgan fingerprint density at radius 2 is 2.04 bits per heavy atom. The molecule has 5 heteroatoms. The van der Waals surface area contributed by atoms with Gasteiger partial charge in [0.25, 0.3) is 0 Å². The van der Waals surface area contributed by atoms with Crippen molar-refractivity contribution in [2.24, 2.45) is 10.7 Å². The third-order valence-electron chi connectivity index (χ3n) is 4.29. The van der Waals surface area contributed by atoms with Crippen LogP contribution in [0.1, 0.15) is 17.5 Å². The smallest absolute Gasteiger partial charge is 0.193 e. The molecule has 0 saturated carbocycles. The van der Waals surface area contributed by atoms with Crippen molar-refractivity contribution >= 4 is 17.3 Å². The molecule has 0 bridgehead atoms. The Labute approximate surface area is 143 Å². The number of anilines is 2. The van der Waals surface area contributed by atoms with Gasteiger partial charge in [0.1, 0.15) is 5.75 Å². The van der Waals surface area contributed by atoms with Crippen LogP contribution in [0.5, 0.6) is 5.75 Å². The van der Waals surface area contributed by atoms with E-state index in [0.29, 0.717) is 12.5 Å². The molecule has 0 spiro atoms. The summed E-state index contributed by atoms with van der Waals surface area (Å²) in [7, 11) is 3.79. The van der Waals surface area contributed by atoms with E-state index in [-0.39, 0.29) is 0 Å². The fraction of sp³-hybridized carbons (Fsp3) is 0.316. The molecule has 0 aliphatic carbocycles. The van der Waals surface area contributed by atoms with Gasteiger partial charge in [0.05, 0.1) is 13.7 Å². The Morgan fingerprint density at radius 1 is 1.25 bits per heavy atom. The first-order valence-electron chi connectivity index (χ1n) is 8.19. The first-order chi connectivity index (χ1) is 11.7. The van der Waals surface area contributed by atoms with Gasteiger partial charge in [-0.05, 0) is 54.3 Å². The van der Waals surface area contributed by atoms with Crippen LogP contribution in [0.15, 0.2) is 47.5 Å². The van der Waals surface area contributed by atoms with Crippen molar-refractivity contribution in [3.8, 4) is 5.75 Å². The summed E-state index contributed by atoms with van der Waals surface area (Å²) in [5.74, 6) is 1.23.